The van der Waals surface area contributed by atoms with Gasteiger partial charge in [0.15, 0.2) is 0 Å². The van der Waals surface area contributed by atoms with Gasteiger partial charge in [0, 0.05) is 47.4 Å². The van der Waals surface area contributed by atoms with Crippen molar-refractivity contribution < 1.29 is 4.74 Å². The van der Waals surface area contributed by atoms with Gasteiger partial charge in [-0.15, -0.1) is 0 Å². The van der Waals surface area contributed by atoms with Crippen LogP contribution >= 0.6 is 11.8 Å². The summed E-state index contributed by atoms with van der Waals surface area (Å²) in [6, 6.07) is 18.3. The van der Waals surface area contributed by atoms with Gasteiger partial charge in [0.2, 0.25) is 5.95 Å². The predicted octanol–water partition coefficient (Wildman–Crippen LogP) is 4.54. The summed E-state index contributed by atoms with van der Waals surface area (Å²) in [5.74, 6) is 0.575. The van der Waals surface area contributed by atoms with Crippen LogP contribution in [0.15, 0.2) is 70.7 Å². The number of nitrogen functional groups attached to an aromatic ring is 1. The zero-order valence-electron chi connectivity index (χ0n) is 15.5. The standard InChI is InChI=1S/C21H23N5OS/c22-15-1-7-19(8-2-15)28-20-9-12-23-21(26-20)25-17-5-3-16(4-6-17)24-18-10-13-27-14-11-18/h1-9,12,18,24H,10-11,13-14,22H2,(H,23,25,26). The van der Waals surface area contributed by atoms with E-state index in [9.17, 15) is 0 Å². The average molecular weight is 394 g/mol. The molecule has 0 spiro atoms. The Morgan fingerprint density at radius 3 is 2.39 bits per heavy atom. The molecule has 1 fully saturated rings. The summed E-state index contributed by atoms with van der Waals surface area (Å²) in [4.78, 5) is 9.99. The Morgan fingerprint density at radius 1 is 0.929 bits per heavy atom. The number of hydrogen-bond donors (Lipinski definition) is 3. The van der Waals surface area contributed by atoms with Gasteiger partial charge in [-0.05, 0) is 67.4 Å². The van der Waals surface area contributed by atoms with Crippen LogP contribution in [0.3, 0.4) is 0 Å². The summed E-state index contributed by atoms with van der Waals surface area (Å²) in [6.45, 7) is 1.67. The zero-order valence-corrected chi connectivity index (χ0v) is 16.3. The summed E-state index contributed by atoms with van der Waals surface area (Å²) in [5.41, 5.74) is 8.56. The molecule has 0 amide bonds. The first-order chi connectivity index (χ1) is 13.7. The first-order valence-corrected chi connectivity index (χ1v) is 10.1. The highest BCUT2D eigenvalue weighted by Crippen LogP contribution is 2.27. The largest absolute Gasteiger partial charge is 0.399 e. The van der Waals surface area contributed by atoms with E-state index >= 15 is 0 Å². The number of nitrogens with zero attached hydrogens (tertiary/aromatic N) is 2. The minimum atomic E-state index is 0.484. The van der Waals surface area contributed by atoms with Crippen LogP contribution in [0, 0.1) is 0 Å². The van der Waals surface area contributed by atoms with E-state index in [1.54, 1.807) is 18.0 Å². The molecule has 7 heteroatoms. The lowest BCUT2D eigenvalue weighted by molar-refractivity contribution is 0.0904. The van der Waals surface area contributed by atoms with Crippen LogP contribution in [0.25, 0.3) is 0 Å². The highest BCUT2D eigenvalue weighted by molar-refractivity contribution is 7.99. The molecular weight excluding hydrogens is 370 g/mol. The van der Waals surface area contributed by atoms with Crippen LogP contribution in [0.4, 0.5) is 23.0 Å². The van der Waals surface area contributed by atoms with E-state index in [4.69, 9.17) is 10.5 Å². The van der Waals surface area contributed by atoms with Gasteiger partial charge in [0.1, 0.15) is 5.03 Å². The number of hydrogen-bond acceptors (Lipinski definition) is 7. The molecule has 6 nitrogen and oxygen atoms in total. The normalized spacial score (nSPS) is 14.6. The van der Waals surface area contributed by atoms with Crippen molar-refractivity contribution in [3.05, 3.63) is 60.8 Å². The third-order valence-corrected chi connectivity index (χ3v) is 5.41. The van der Waals surface area contributed by atoms with E-state index < -0.39 is 0 Å². The topological polar surface area (TPSA) is 85.1 Å². The maximum atomic E-state index is 5.74. The number of ether oxygens (including phenoxy) is 1. The van der Waals surface area contributed by atoms with E-state index in [2.05, 4.69) is 32.7 Å². The molecular formula is C21H23N5OS. The Balaban J connectivity index is 1.37. The molecule has 1 saturated heterocycles. The van der Waals surface area contributed by atoms with Crippen molar-refractivity contribution in [2.75, 3.05) is 29.6 Å². The summed E-state index contributed by atoms with van der Waals surface area (Å²) in [6.07, 6.45) is 3.86. The number of benzene rings is 2. The second kappa shape index (κ2) is 8.95. The maximum absolute atomic E-state index is 5.74. The molecule has 0 radical (unpaired) electrons. The Kier molecular flexibility index (Phi) is 5.94. The van der Waals surface area contributed by atoms with Crippen LogP contribution in [-0.2, 0) is 4.74 Å². The summed E-state index contributed by atoms with van der Waals surface area (Å²) >= 11 is 1.58. The van der Waals surface area contributed by atoms with Crippen molar-refractivity contribution in [3.63, 3.8) is 0 Å². The smallest absolute Gasteiger partial charge is 0.228 e. The van der Waals surface area contributed by atoms with Crippen molar-refractivity contribution >= 4 is 34.8 Å². The van der Waals surface area contributed by atoms with Crippen molar-refractivity contribution in [1.29, 1.82) is 0 Å². The van der Waals surface area contributed by atoms with Crippen LogP contribution < -0.4 is 16.4 Å². The van der Waals surface area contributed by atoms with E-state index in [0.29, 0.717) is 12.0 Å². The zero-order chi connectivity index (χ0) is 19.2. The van der Waals surface area contributed by atoms with Crippen molar-refractivity contribution in [3.8, 4) is 0 Å². The molecule has 0 atom stereocenters. The molecule has 144 valence electrons. The second-order valence-electron chi connectivity index (χ2n) is 6.62. The molecule has 1 aromatic heterocycles. The number of anilines is 4. The molecule has 1 aliphatic heterocycles. The summed E-state index contributed by atoms with van der Waals surface area (Å²) in [7, 11) is 0. The monoisotopic (exact) mass is 393 g/mol. The maximum Gasteiger partial charge on any atom is 0.228 e. The van der Waals surface area contributed by atoms with E-state index in [1.807, 2.05) is 42.5 Å². The van der Waals surface area contributed by atoms with Crippen molar-refractivity contribution in [1.82, 2.24) is 9.97 Å². The molecule has 0 unspecified atom stereocenters. The fourth-order valence-corrected chi connectivity index (χ4v) is 3.75. The van der Waals surface area contributed by atoms with E-state index in [0.717, 1.165) is 53.0 Å². The van der Waals surface area contributed by atoms with Gasteiger partial charge >= 0.3 is 0 Å². The number of aromatic nitrogens is 2. The van der Waals surface area contributed by atoms with Crippen LogP contribution in [0.1, 0.15) is 12.8 Å². The van der Waals surface area contributed by atoms with Gasteiger partial charge in [0.05, 0.1) is 0 Å². The third-order valence-electron chi connectivity index (χ3n) is 4.47. The van der Waals surface area contributed by atoms with E-state index in [-0.39, 0.29) is 0 Å². The quantitative estimate of drug-likeness (QED) is 0.419. The van der Waals surface area contributed by atoms with Gasteiger partial charge in [-0.2, -0.15) is 0 Å². The van der Waals surface area contributed by atoms with Crippen molar-refractivity contribution in [2.45, 2.75) is 28.8 Å². The van der Waals surface area contributed by atoms with Gasteiger partial charge < -0.3 is 21.1 Å². The van der Waals surface area contributed by atoms with Crippen LogP contribution in [-0.4, -0.2) is 29.2 Å². The first-order valence-electron chi connectivity index (χ1n) is 9.32. The first kappa shape index (κ1) is 18.6. The number of nitrogens with two attached hydrogens (primary N) is 1. The van der Waals surface area contributed by atoms with E-state index in [1.165, 1.54) is 0 Å². The highest BCUT2D eigenvalue weighted by atomic mass is 32.2. The average Bonchev–Trinajstić information content (AvgIpc) is 2.72. The van der Waals surface area contributed by atoms with Gasteiger partial charge in [-0.1, -0.05) is 11.8 Å². The molecule has 0 bridgehead atoms. The molecule has 0 aliphatic carbocycles. The molecule has 2 aromatic carbocycles. The minimum absolute atomic E-state index is 0.484. The molecule has 2 heterocycles. The SMILES string of the molecule is Nc1ccc(Sc2ccnc(Nc3ccc(NC4CCOCC4)cc3)n2)cc1. The van der Waals surface area contributed by atoms with Gasteiger partial charge in [-0.25, -0.2) is 9.97 Å². The van der Waals surface area contributed by atoms with Crippen LogP contribution in [0.2, 0.25) is 0 Å². The Hall–Kier alpha value is -2.77. The second-order valence-corrected chi connectivity index (χ2v) is 7.72. The van der Waals surface area contributed by atoms with Gasteiger partial charge in [0.25, 0.3) is 0 Å². The summed E-state index contributed by atoms with van der Waals surface area (Å²) in [5, 5.41) is 7.70. The number of nitrogens with one attached hydrogen (secondary N) is 2. The highest BCUT2D eigenvalue weighted by Gasteiger charge is 2.13. The molecule has 4 rings (SSSR count). The lowest BCUT2D eigenvalue weighted by Gasteiger charge is -2.24. The number of rotatable bonds is 6. The third kappa shape index (κ3) is 5.15. The lowest BCUT2D eigenvalue weighted by atomic mass is 10.1. The predicted molar refractivity (Wildman–Crippen MR) is 114 cm³/mol. The molecule has 28 heavy (non-hydrogen) atoms. The summed E-state index contributed by atoms with van der Waals surface area (Å²) < 4.78 is 5.40. The molecule has 0 saturated carbocycles. The Bertz CT molecular complexity index is 895. The Morgan fingerprint density at radius 2 is 1.64 bits per heavy atom. The molecule has 3 aromatic rings. The molecule has 4 N–H and O–H groups in total. The van der Waals surface area contributed by atoms with Crippen molar-refractivity contribution in [2.24, 2.45) is 0 Å². The fraction of sp³-hybridized carbons (Fsp3) is 0.238. The Labute approximate surface area is 168 Å². The van der Waals surface area contributed by atoms with Gasteiger partial charge in [-0.3, -0.25) is 0 Å². The molecule has 1 aliphatic rings. The van der Waals surface area contributed by atoms with Crippen LogP contribution in [0.5, 0.6) is 0 Å². The lowest BCUT2D eigenvalue weighted by Crippen LogP contribution is -2.27. The minimum Gasteiger partial charge on any atom is -0.399 e. The fourth-order valence-electron chi connectivity index (χ4n) is 2.97.